The number of hydrogen-bond acceptors (Lipinski definition) is 3. The number of ether oxygens (including phenoxy) is 1. The predicted molar refractivity (Wildman–Crippen MR) is 111 cm³/mol. The molecule has 0 unspecified atom stereocenters. The summed E-state index contributed by atoms with van der Waals surface area (Å²) >= 11 is 0. The lowest BCUT2D eigenvalue weighted by atomic mass is 10.1. The van der Waals surface area contributed by atoms with Crippen LogP contribution in [-0.2, 0) is 0 Å². The van der Waals surface area contributed by atoms with Gasteiger partial charge in [-0.15, -0.1) is 0 Å². The fourth-order valence-corrected chi connectivity index (χ4v) is 3.36. The number of imidazole rings is 1. The van der Waals surface area contributed by atoms with Crippen molar-refractivity contribution < 1.29 is 9.53 Å². The Labute approximate surface area is 163 Å². The van der Waals surface area contributed by atoms with Crippen LogP contribution in [0.3, 0.4) is 0 Å². The van der Waals surface area contributed by atoms with Gasteiger partial charge in [0.25, 0.3) is 5.91 Å². The average molecular weight is 371 g/mol. The molecular formula is C23H21N3O2. The molecule has 0 aliphatic heterocycles. The number of fused-ring (bicyclic) bond motifs is 1. The van der Waals surface area contributed by atoms with Gasteiger partial charge in [-0.1, -0.05) is 29.8 Å². The molecular weight excluding hydrogens is 350 g/mol. The Morgan fingerprint density at radius 3 is 2.64 bits per heavy atom. The highest BCUT2D eigenvalue weighted by molar-refractivity contribution is 6.06. The molecule has 5 nitrogen and oxygen atoms in total. The quantitative estimate of drug-likeness (QED) is 0.555. The zero-order valence-corrected chi connectivity index (χ0v) is 16.1. The first-order valence-electron chi connectivity index (χ1n) is 9.06. The second-order valence-electron chi connectivity index (χ2n) is 6.76. The third-order valence-corrected chi connectivity index (χ3v) is 4.78. The van der Waals surface area contributed by atoms with E-state index < -0.39 is 0 Å². The summed E-state index contributed by atoms with van der Waals surface area (Å²) in [6.45, 7) is 4.17. The number of nitrogens with one attached hydrogen (secondary N) is 1. The van der Waals surface area contributed by atoms with Crippen LogP contribution < -0.4 is 10.1 Å². The van der Waals surface area contributed by atoms with Crippen molar-refractivity contribution >= 4 is 22.6 Å². The Hall–Kier alpha value is -3.60. The van der Waals surface area contributed by atoms with Crippen LogP contribution in [0.5, 0.6) is 5.75 Å². The van der Waals surface area contributed by atoms with Gasteiger partial charge in [-0.3, -0.25) is 9.36 Å². The van der Waals surface area contributed by atoms with Crippen molar-refractivity contribution in [2.75, 3.05) is 12.4 Å². The van der Waals surface area contributed by atoms with Gasteiger partial charge in [0.15, 0.2) is 0 Å². The molecule has 0 radical (unpaired) electrons. The van der Waals surface area contributed by atoms with Crippen molar-refractivity contribution in [3.63, 3.8) is 0 Å². The van der Waals surface area contributed by atoms with E-state index in [2.05, 4.69) is 42.3 Å². The van der Waals surface area contributed by atoms with E-state index >= 15 is 0 Å². The largest absolute Gasteiger partial charge is 0.495 e. The summed E-state index contributed by atoms with van der Waals surface area (Å²) in [7, 11) is 1.58. The SMILES string of the molecule is COc1ccccc1NC(=O)c1ccc2c(c1)ncn2-c1ccc(C)cc1C. The van der Waals surface area contributed by atoms with E-state index in [9.17, 15) is 4.79 Å². The number of methoxy groups -OCH3 is 1. The molecule has 5 heteroatoms. The van der Waals surface area contributed by atoms with Gasteiger partial charge in [0.05, 0.1) is 29.5 Å². The van der Waals surface area contributed by atoms with E-state index in [0.29, 0.717) is 17.0 Å². The van der Waals surface area contributed by atoms with Crippen LogP contribution in [0.15, 0.2) is 67.0 Å². The second-order valence-corrected chi connectivity index (χ2v) is 6.76. The summed E-state index contributed by atoms with van der Waals surface area (Å²) in [5, 5.41) is 2.90. The lowest BCUT2D eigenvalue weighted by Gasteiger charge is -2.11. The Balaban J connectivity index is 1.66. The molecule has 0 atom stereocenters. The molecule has 3 aromatic carbocycles. The van der Waals surface area contributed by atoms with Gasteiger partial charge >= 0.3 is 0 Å². The number of aromatic nitrogens is 2. The minimum absolute atomic E-state index is 0.201. The standard InChI is InChI=1S/C23H21N3O2/c1-15-8-10-20(16(2)12-15)26-14-24-19-13-17(9-11-21(19)26)23(27)25-18-6-4-5-7-22(18)28-3/h4-14H,1-3H3,(H,25,27). The van der Waals surface area contributed by atoms with Crippen molar-refractivity contribution in [1.29, 1.82) is 0 Å². The van der Waals surface area contributed by atoms with Crippen molar-refractivity contribution in [2.24, 2.45) is 0 Å². The van der Waals surface area contributed by atoms with Gasteiger partial charge in [-0.2, -0.15) is 0 Å². The molecule has 0 fully saturated rings. The molecule has 28 heavy (non-hydrogen) atoms. The van der Waals surface area contributed by atoms with Crippen molar-refractivity contribution in [2.45, 2.75) is 13.8 Å². The Kier molecular flexibility index (Phi) is 4.57. The summed E-state index contributed by atoms with van der Waals surface area (Å²) in [4.78, 5) is 17.2. The first-order valence-corrected chi connectivity index (χ1v) is 9.06. The number of nitrogens with zero attached hydrogens (tertiary/aromatic N) is 2. The van der Waals surface area contributed by atoms with E-state index in [1.54, 1.807) is 19.5 Å². The summed E-state index contributed by atoms with van der Waals surface area (Å²) < 4.78 is 7.34. The number of para-hydroxylation sites is 2. The minimum Gasteiger partial charge on any atom is -0.495 e. The molecule has 140 valence electrons. The second kappa shape index (κ2) is 7.19. The van der Waals surface area contributed by atoms with Gasteiger partial charge in [0, 0.05) is 5.56 Å². The number of carbonyl (C=O) groups is 1. The molecule has 0 spiro atoms. The number of anilines is 1. The fourth-order valence-electron chi connectivity index (χ4n) is 3.36. The number of amides is 1. The van der Waals surface area contributed by atoms with Crippen LogP contribution in [0.4, 0.5) is 5.69 Å². The van der Waals surface area contributed by atoms with E-state index in [1.165, 1.54) is 11.1 Å². The summed E-state index contributed by atoms with van der Waals surface area (Å²) in [6, 6.07) is 19.2. The fraction of sp³-hybridized carbons (Fsp3) is 0.130. The normalized spacial score (nSPS) is 10.8. The lowest BCUT2D eigenvalue weighted by Crippen LogP contribution is -2.12. The molecule has 4 aromatic rings. The average Bonchev–Trinajstić information content (AvgIpc) is 3.11. The first-order chi connectivity index (χ1) is 13.6. The molecule has 4 rings (SSSR count). The zero-order valence-electron chi connectivity index (χ0n) is 16.1. The highest BCUT2D eigenvalue weighted by Gasteiger charge is 2.13. The van der Waals surface area contributed by atoms with Gasteiger partial charge < -0.3 is 10.1 Å². The lowest BCUT2D eigenvalue weighted by molar-refractivity contribution is 0.102. The van der Waals surface area contributed by atoms with Crippen molar-refractivity contribution in [1.82, 2.24) is 9.55 Å². The van der Waals surface area contributed by atoms with E-state index in [4.69, 9.17) is 4.74 Å². The summed E-state index contributed by atoms with van der Waals surface area (Å²) in [5.41, 5.74) is 6.39. The Bertz CT molecular complexity index is 1180. The number of hydrogen-bond donors (Lipinski definition) is 1. The van der Waals surface area contributed by atoms with Gasteiger partial charge in [0.1, 0.15) is 12.1 Å². The minimum atomic E-state index is -0.201. The van der Waals surface area contributed by atoms with E-state index in [1.807, 2.05) is 41.0 Å². The summed E-state index contributed by atoms with van der Waals surface area (Å²) in [5.74, 6) is 0.420. The van der Waals surface area contributed by atoms with E-state index in [-0.39, 0.29) is 5.91 Å². The monoisotopic (exact) mass is 371 g/mol. The third kappa shape index (κ3) is 3.22. The van der Waals surface area contributed by atoms with Gasteiger partial charge in [-0.25, -0.2) is 4.98 Å². The van der Waals surface area contributed by atoms with Crippen molar-refractivity contribution in [3.05, 3.63) is 83.7 Å². The maximum absolute atomic E-state index is 12.7. The molecule has 0 bridgehead atoms. The van der Waals surface area contributed by atoms with Crippen LogP contribution in [0, 0.1) is 13.8 Å². The molecule has 0 aliphatic carbocycles. The molecule has 1 aromatic heterocycles. The maximum atomic E-state index is 12.7. The predicted octanol–water partition coefficient (Wildman–Crippen LogP) is 4.90. The zero-order chi connectivity index (χ0) is 19.7. The molecule has 1 amide bonds. The highest BCUT2D eigenvalue weighted by atomic mass is 16.5. The number of benzene rings is 3. The van der Waals surface area contributed by atoms with Crippen molar-refractivity contribution in [3.8, 4) is 11.4 Å². The smallest absolute Gasteiger partial charge is 0.255 e. The molecule has 0 saturated heterocycles. The number of rotatable bonds is 4. The topological polar surface area (TPSA) is 56.1 Å². The van der Waals surface area contributed by atoms with Crippen LogP contribution in [0.2, 0.25) is 0 Å². The highest BCUT2D eigenvalue weighted by Crippen LogP contribution is 2.25. The summed E-state index contributed by atoms with van der Waals surface area (Å²) in [6.07, 6.45) is 1.80. The molecule has 0 saturated carbocycles. The van der Waals surface area contributed by atoms with Gasteiger partial charge in [0.2, 0.25) is 0 Å². The Morgan fingerprint density at radius 1 is 1.04 bits per heavy atom. The maximum Gasteiger partial charge on any atom is 0.255 e. The van der Waals surface area contributed by atoms with E-state index in [0.717, 1.165) is 16.7 Å². The molecule has 1 heterocycles. The molecule has 1 N–H and O–H groups in total. The van der Waals surface area contributed by atoms with Crippen LogP contribution in [-0.4, -0.2) is 22.6 Å². The molecule has 0 aliphatic rings. The number of aryl methyl sites for hydroxylation is 2. The van der Waals surface area contributed by atoms with Gasteiger partial charge in [-0.05, 0) is 55.8 Å². The van der Waals surface area contributed by atoms with Crippen LogP contribution in [0.1, 0.15) is 21.5 Å². The first kappa shape index (κ1) is 17.8. The third-order valence-electron chi connectivity index (χ3n) is 4.78. The van der Waals surface area contributed by atoms with Crippen LogP contribution in [0.25, 0.3) is 16.7 Å². The Morgan fingerprint density at radius 2 is 1.86 bits per heavy atom. The number of carbonyl (C=O) groups excluding carboxylic acids is 1. The van der Waals surface area contributed by atoms with Crippen LogP contribution >= 0.6 is 0 Å².